The summed E-state index contributed by atoms with van der Waals surface area (Å²) < 4.78 is 0. The zero-order valence-electron chi connectivity index (χ0n) is 5.82. The van der Waals surface area contributed by atoms with Crippen LogP contribution < -0.4 is 0 Å². The second kappa shape index (κ2) is 2.88. The van der Waals surface area contributed by atoms with Crippen molar-refractivity contribution in [3.8, 4) is 0 Å². The van der Waals surface area contributed by atoms with Crippen molar-refractivity contribution in [1.29, 1.82) is 0 Å². The molecule has 0 aliphatic rings. The molecule has 0 atom stereocenters. The number of nitrogens with zero attached hydrogens (tertiary/aromatic N) is 1. The fourth-order valence-corrected chi connectivity index (χ4v) is 1.45. The van der Waals surface area contributed by atoms with E-state index in [1.807, 2.05) is 30.1 Å². The molecule has 0 amide bonds. The van der Waals surface area contributed by atoms with Crippen LogP contribution in [0, 0.1) is 6.42 Å². The molecule has 0 aliphatic heterocycles. The average Bonchev–Trinajstić information content (AvgIpc) is 2.60. The molecule has 11 heavy (non-hydrogen) atoms. The number of aromatic nitrogens is 2. The van der Waals surface area contributed by atoms with Gasteiger partial charge >= 0.3 is 0 Å². The van der Waals surface area contributed by atoms with Gasteiger partial charge in [0.25, 0.3) is 0 Å². The van der Waals surface area contributed by atoms with Crippen molar-refractivity contribution >= 4 is 11.3 Å². The van der Waals surface area contributed by atoms with Crippen LogP contribution in [0.3, 0.4) is 0 Å². The van der Waals surface area contributed by atoms with Gasteiger partial charge in [-0.15, -0.1) is 11.3 Å². The van der Waals surface area contributed by atoms with Crippen molar-refractivity contribution in [2.24, 2.45) is 0 Å². The van der Waals surface area contributed by atoms with E-state index in [9.17, 15) is 0 Å². The fraction of sp³-hybridized carbons (Fsp3) is 0. The van der Waals surface area contributed by atoms with Crippen molar-refractivity contribution < 1.29 is 0 Å². The maximum Gasteiger partial charge on any atom is 0.103 e. The quantitative estimate of drug-likeness (QED) is 0.721. The molecule has 1 radical (unpaired) electrons. The van der Waals surface area contributed by atoms with E-state index in [0.29, 0.717) is 0 Å². The van der Waals surface area contributed by atoms with Crippen LogP contribution in [-0.2, 0) is 0 Å². The van der Waals surface area contributed by atoms with Gasteiger partial charge in [-0.05, 0) is 12.1 Å². The van der Waals surface area contributed by atoms with Crippen LogP contribution in [0.1, 0.15) is 10.7 Å². The summed E-state index contributed by atoms with van der Waals surface area (Å²) in [5.41, 5.74) is 1.10. The minimum absolute atomic E-state index is 1.03. The van der Waals surface area contributed by atoms with Crippen LogP contribution in [0.25, 0.3) is 0 Å². The monoisotopic (exact) mass is 163 g/mol. The normalized spacial score (nSPS) is 10.2. The number of thiazole rings is 1. The van der Waals surface area contributed by atoms with Crippen LogP contribution in [0.2, 0.25) is 0 Å². The molecule has 2 heterocycles. The second-order valence-electron chi connectivity index (χ2n) is 2.14. The third-order valence-corrected chi connectivity index (χ3v) is 2.07. The molecular formula is C8H7N2S. The summed E-state index contributed by atoms with van der Waals surface area (Å²) in [4.78, 5) is 7.22. The first-order valence-electron chi connectivity index (χ1n) is 3.33. The van der Waals surface area contributed by atoms with Crippen LogP contribution in [0.15, 0.2) is 29.9 Å². The third-order valence-electron chi connectivity index (χ3n) is 1.35. The molecule has 0 aromatic carbocycles. The van der Waals surface area contributed by atoms with Crippen molar-refractivity contribution in [3.63, 3.8) is 0 Å². The molecule has 2 nitrogen and oxygen atoms in total. The Labute approximate surface area is 68.9 Å². The summed E-state index contributed by atoms with van der Waals surface area (Å²) >= 11 is 1.63. The van der Waals surface area contributed by atoms with Crippen LogP contribution >= 0.6 is 11.3 Å². The molecule has 3 heteroatoms. The van der Waals surface area contributed by atoms with E-state index in [0.717, 1.165) is 10.7 Å². The summed E-state index contributed by atoms with van der Waals surface area (Å²) in [5, 5.41) is 3.00. The van der Waals surface area contributed by atoms with Gasteiger partial charge in [0.05, 0.1) is 6.42 Å². The lowest BCUT2D eigenvalue weighted by molar-refractivity contribution is 1.24. The largest absolute Gasteiger partial charge is 0.364 e. The van der Waals surface area contributed by atoms with Gasteiger partial charge in [0, 0.05) is 23.5 Å². The van der Waals surface area contributed by atoms with Crippen molar-refractivity contribution in [2.45, 2.75) is 0 Å². The number of H-pyrrole nitrogens is 1. The van der Waals surface area contributed by atoms with Crippen LogP contribution in [-0.4, -0.2) is 9.97 Å². The highest BCUT2D eigenvalue weighted by molar-refractivity contribution is 7.09. The van der Waals surface area contributed by atoms with E-state index >= 15 is 0 Å². The number of hydrogen-bond donors (Lipinski definition) is 1. The van der Waals surface area contributed by atoms with E-state index in [1.54, 1.807) is 17.5 Å². The minimum atomic E-state index is 1.03. The summed E-state index contributed by atoms with van der Waals surface area (Å²) in [6, 6.07) is 3.99. The molecule has 0 saturated heterocycles. The zero-order chi connectivity index (χ0) is 7.52. The molecule has 0 bridgehead atoms. The molecule has 0 aliphatic carbocycles. The highest BCUT2D eigenvalue weighted by atomic mass is 32.1. The summed E-state index contributed by atoms with van der Waals surface area (Å²) in [6.45, 7) is 0. The first-order valence-corrected chi connectivity index (χ1v) is 4.21. The first kappa shape index (κ1) is 6.61. The molecule has 0 saturated carbocycles. The molecule has 0 unspecified atom stereocenters. The van der Waals surface area contributed by atoms with E-state index in [4.69, 9.17) is 0 Å². The number of hydrogen-bond acceptors (Lipinski definition) is 2. The minimum Gasteiger partial charge on any atom is -0.364 e. The lowest BCUT2D eigenvalue weighted by atomic mass is 10.3. The summed E-state index contributed by atoms with van der Waals surface area (Å²) in [6.07, 6.45) is 5.73. The Hall–Kier alpha value is -1.09. The van der Waals surface area contributed by atoms with Crippen molar-refractivity contribution in [3.05, 3.63) is 47.0 Å². The summed E-state index contributed by atoms with van der Waals surface area (Å²) in [7, 11) is 0. The Bertz CT molecular complexity index is 264. The fourth-order valence-electron chi connectivity index (χ4n) is 0.873. The summed E-state index contributed by atoms with van der Waals surface area (Å²) in [5.74, 6) is 0. The first-order chi connectivity index (χ1) is 5.45. The molecule has 2 rings (SSSR count). The van der Waals surface area contributed by atoms with E-state index in [2.05, 4.69) is 9.97 Å². The topological polar surface area (TPSA) is 28.7 Å². The predicted octanol–water partition coefficient (Wildman–Crippen LogP) is 2.07. The third kappa shape index (κ3) is 1.49. The maximum atomic E-state index is 4.13. The highest BCUT2D eigenvalue weighted by Crippen LogP contribution is 2.11. The van der Waals surface area contributed by atoms with Crippen LogP contribution in [0.4, 0.5) is 0 Å². The standard InChI is InChI=1S/C8H7N2S/c1-2-7(9-3-1)6-8-10-4-5-11-8/h1-6,9H. The zero-order valence-corrected chi connectivity index (χ0v) is 6.64. The lowest BCUT2D eigenvalue weighted by Crippen LogP contribution is -1.81. The van der Waals surface area contributed by atoms with E-state index in [1.165, 1.54) is 0 Å². The van der Waals surface area contributed by atoms with Crippen molar-refractivity contribution in [2.75, 3.05) is 0 Å². The van der Waals surface area contributed by atoms with Gasteiger partial charge in [-0.3, -0.25) is 0 Å². The van der Waals surface area contributed by atoms with Gasteiger partial charge in [-0.2, -0.15) is 0 Å². The van der Waals surface area contributed by atoms with Gasteiger partial charge in [0.15, 0.2) is 0 Å². The van der Waals surface area contributed by atoms with Gasteiger partial charge < -0.3 is 4.98 Å². The highest BCUT2D eigenvalue weighted by Gasteiger charge is 1.97. The maximum absolute atomic E-state index is 4.13. The molecule has 1 N–H and O–H groups in total. The number of rotatable bonds is 2. The second-order valence-corrected chi connectivity index (χ2v) is 3.07. The van der Waals surface area contributed by atoms with E-state index < -0.39 is 0 Å². The molecule has 2 aromatic rings. The molecular weight excluding hydrogens is 156 g/mol. The van der Waals surface area contributed by atoms with Crippen LogP contribution in [0.5, 0.6) is 0 Å². The Balaban J connectivity index is 2.14. The van der Waals surface area contributed by atoms with Gasteiger partial charge in [0.1, 0.15) is 5.01 Å². The molecule has 0 fully saturated rings. The Morgan fingerprint density at radius 2 is 2.55 bits per heavy atom. The number of nitrogens with one attached hydrogen (secondary N) is 1. The van der Waals surface area contributed by atoms with E-state index in [-0.39, 0.29) is 0 Å². The average molecular weight is 163 g/mol. The van der Waals surface area contributed by atoms with Gasteiger partial charge in [-0.25, -0.2) is 4.98 Å². The van der Waals surface area contributed by atoms with Gasteiger partial charge in [-0.1, -0.05) is 0 Å². The van der Waals surface area contributed by atoms with Crippen molar-refractivity contribution in [1.82, 2.24) is 9.97 Å². The predicted molar refractivity (Wildman–Crippen MR) is 45.4 cm³/mol. The Morgan fingerprint density at radius 1 is 1.55 bits per heavy atom. The molecule has 55 valence electrons. The SMILES string of the molecule is [CH](c1ccc[nH]1)c1nccs1. The Morgan fingerprint density at radius 3 is 3.18 bits per heavy atom. The smallest absolute Gasteiger partial charge is 0.103 e. The molecule has 2 aromatic heterocycles. The molecule has 0 spiro atoms. The number of aromatic amines is 1. The Kier molecular flexibility index (Phi) is 1.73. The van der Waals surface area contributed by atoms with Gasteiger partial charge in [0.2, 0.25) is 0 Å². The lowest BCUT2D eigenvalue weighted by Gasteiger charge is -1.89.